The minimum absolute atomic E-state index is 0.000443. The molecule has 140 valence electrons. The van der Waals surface area contributed by atoms with Gasteiger partial charge in [-0.25, -0.2) is 4.98 Å². The zero-order chi connectivity index (χ0) is 18.6. The molecule has 0 bridgehead atoms. The fourth-order valence-electron chi connectivity index (χ4n) is 3.48. The molecule has 1 aliphatic heterocycles. The van der Waals surface area contributed by atoms with Gasteiger partial charge >= 0.3 is 0 Å². The van der Waals surface area contributed by atoms with Crippen LogP contribution in [0, 0.1) is 0 Å². The Balaban J connectivity index is 1.29. The van der Waals surface area contributed by atoms with Gasteiger partial charge in [0.1, 0.15) is 11.3 Å². The highest BCUT2D eigenvalue weighted by Crippen LogP contribution is 2.29. The van der Waals surface area contributed by atoms with E-state index in [2.05, 4.69) is 15.2 Å². The fourth-order valence-corrected chi connectivity index (χ4v) is 3.48. The number of oxazole rings is 1. The predicted molar refractivity (Wildman–Crippen MR) is 104 cm³/mol. The van der Waals surface area contributed by atoms with E-state index >= 15 is 0 Å². The Morgan fingerprint density at radius 3 is 2.63 bits per heavy atom. The lowest BCUT2D eigenvalue weighted by molar-refractivity contribution is -0.117. The Morgan fingerprint density at radius 1 is 1.19 bits per heavy atom. The third-order valence-corrected chi connectivity index (χ3v) is 4.99. The number of para-hydroxylation sites is 2. The van der Waals surface area contributed by atoms with Crippen LogP contribution in [0.5, 0.6) is 5.75 Å². The molecule has 0 radical (unpaired) electrons. The number of carbonyl (C=O) groups excluding carboxylic acids is 1. The second-order valence-electron chi connectivity index (χ2n) is 6.85. The van der Waals surface area contributed by atoms with Crippen molar-refractivity contribution in [3.8, 4) is 5.75 Å². The number of hydrogen-bond acceptors (Lipinski definition) is 5. The van der Waals surface area contributed by atoms with Crippen LogP contribution in [0.15, 0.2) is 52.9 Å². The number of fused-ring (bicyclic) bond motifs is 1. The number of amides is 1. The summed E-state index contributed by atoms with van der Waals surface area (Å²) in [5, 5.41) is 2.93. The van der Waals surface area contributed by atoms with Gasteiger partial charge in [0.25, 0.3) is 0 Å². The lowest BCUT2D eigenvalue weighted by Gasteiger charge is -2.29. The smallest absolute Gasteiger partial charge is 0.238 e. The molecule has 1 fully saturated rings. The number of ether oxygens (including phenoxy) is 1. The first-order chi connectivity index (χ1) is 13.2. The monoisotopic (exact) mass is 365 g/mol. The largest absolute Gasteiger partial charge is 0.497 e. The molecule has 0 saturated carbocycles. The first-order valence-corrected chi connectivity index (χ1v) is 9.23. The van der Waals surface area contributed by atoms with Crippen LogP contribution in [0.3, 0.4) is 0 Å². The van der Waals surface area contributed by atoms with Crippen LogP contribution in [-0.4, -0.2) is 42.5 Å². The molecule has 27 heavy (non-hydrogen) atoms. The number of benzene rings is 2. The van der Waals surface area contributed by atoms with Gasteiger partial charge in [-0.15, -0.1) is 0 Å². The normalized spacial score (nSPS) is 15.7. The van der Waals surface area contributed by atoms with Crippen molar-refractivity contribution >= 4 is 22.7 Å². The standard InChI is InChI=1S/C21H23N3O3/c1-26-17-8-6-16(7-9-17)22-20(25)14-24-12-10-15(11-13-24)21-23-18-4-2-3-5-19(18)27-21/h2-9,15H,10-14H2,1H3,(H,22,25). The van der Waals surface area contributed by atoms with E-state index in [0.29, 0.717) is 12.5 Å². The van der Waals surface area contributed by atoms with E-state index in [4.69, 9.17) is 9.15 Å². The van der Waals surface area contributed by atoms with Crippen LogP contribution in [-0.2, 0) is 4.79 Å². The molecule has 0 atom stereocenters. The van der Waals surface area contributed by atoms with Gasteiger partial charge in [-0.2, -0.15) is 0 Å². The number of piperidine rings is 1. The highest BCUT2D eigenvalue weighted by molar-refractivity contribution is 5.92. The van der Waals surface area contributed by atoms with Crippen LogP contribution in [0.2, 0.25) is 0 Å². The quantitative estimate of drug-likeness (QED) is 0.747. The second kappa shape index (κ2) is 7.80. The van der Waals surface area contributed by atoms with Gasteiger partial charge in [0.05, 0.1) is 13.7 Å². The Kier molecular flexibility index (Phi) is 5.07. The molecule has 6 nitrogen and oxygen atoms in total. The molecule has 1 amide bonds. The summed E-state index contributed by atoms with van der Waals surface area (Å²) >= 11 is 0. The van der Waals surface area contributed by atoms with Crippen LogP contribution < -0.4 is 10.1 Å². The molecule has 4 rings (SSSR count). The number of carbonyl (C=O) groups is 1. The summed E-state index contributed by atoms with van der Waals surface area (Å²) in [6.07, 6.45) is 1.89. The SMILES string of the molecule is COc1ccc(NC(=O)CN2CCC(c3nc4ccccc4o3)CC2)cc1. The summed E-state index contributed by atoms with van der Waals surface area (Å²) < 4.78 is 11.0. The Labute approximate surface area is 158 Å². The third-order valence-electron chi connectivity index (χ3n) is 4.99. The second-order valence-corrected chi connectivity index (χ2v) is 6.85. The zero-order valence-corrected chi connectivity index (χ0v) is 15.4. The van der Waals surface area contributed by atoms with E-state index < -0.39 is 0 Å². The van der Waals surface area contributed by atoms with E-state index in [1.165, 1.54) is 0 Å². The molecule has 1 saturated heterocycles. The van der Waals surface area contributed by atoms with E-state index in [0.717, 1.165) is 54.4 Å². The fraction of sp³-hybridized carbons (Fsp3) is 0.333. The number of nitrogens with zero attached hydrogens (tertiary/aromatic N) is 2. The zero-order valence-electron chi connectivity index (χ0n) is 15.4. The summed E-state index contributed by atoms with van der Waals surface area (Å²) in [6.45, 7) is 2.12. The number of likely N-dealkylation sites (tertiary alicyclic amines) is 1. The molecule has 6 heteroatoms. The molecule has 1 aromatic heterocycles. The van der Waals surface area contributed by atoms with Gasteiger partial charge in [0.15, 0.2) is 11.5 Å². The van der Waals surface area contributed by atoms with Crippen molar-refractivity contribution < 1.29 is 13.9 Å². The van der Waals surface area contributed by atoms with Crippen molar-refractivity contribution in [2.24, 2.45) is 0 Å². The van der Waals surface area contributed by atoms with Crippen molar-refractivity contribution in [2.75, 3.05) is 32.1 Å². The van der Waals surface area contributed by atoms with Crippen LogP contribution in [0.25, 0.3) is 11.1 Å². The minimum Gasteiger partial charge on any atom is -0.497 e. The first kappa shape index (κ1) is 17.5. The molecule has 2 heterocycles. The molecule has 3 aromatic rings. The van der Waals surface area contributed by atoms with E-state index in [1.54, 1.807) is 7.11 Å². The summed E-state index contributed by atoms with van der Waals surface area (Å²) in [7, 11) is 1.62. The minimum atomic E-state index is 0.000443. The van der Waals surface area contributed by atoms with Crippen LogP contribution in [0.1, 0.15) is 24.7 Å². The van der Waals surface area contributed by atoms with Crippen molar-refractivity contribution in [2.45, 2.75) is 18.8 Å². The molecule has 2 aromatic carbocycles. The molecule has 0 aliphatic carbocycles. The summed E-state index contributed by atoms with van der Waals surface area (Å²) in [4.78, 5) is 19.1. The van der Waals surface area contributed by atoms with E-state index in [1.807, 2.05) is 48.5 Å². The highest BCUT2D eigenvalue weighted by atomic mass is 16.5. The number of hydrogen-bond donors (Lipinski definition) is 1. The first-order valence-electron chi connectivity index (χ1n) is 9.23. The average molecular weight is 365 g/mol. The van der Waals surface area contributed by atoms with Crippen molar-refractivity contribution in [1.29, 1.82) is 0 Å². The van der Waals surface area contributed by atoms with Crippen molar-refractivity contribution in [3.63, 3.8) is 0 Å². The van der Waals surface area contributed by atoms with Gasteiger partial charge in [-0.3, -0.25) is 9.69 Å². The maximum absolute atomic E-state index is 12.3. The topological polar surface area (TPSA) is 67.6 Å². The summed E-state index contributed by atoms with van der Waals surface area (Å²) in [5.41, 5.74) is 2.53. The highest BCUT2D eigenvalue weighted by Gasteiger charge is 2.25. The average Bonchev–Trinajstić information content (AvgIpc) is 3.13. The molecule has 1 aliphatic rings. The lowest BCUT2D eigenvalue weighted by atomic mass is 9.97. The lowest BCUT2D eigenvalue weighted by Crippen LogP contribution is -2.38. The van der Waals surface area contributed by atoms with Crippen molar-refractivity contribution in [1.82, 2.24) is 9.88 Å². The molecule has 0 spiro atoms. The molecule has 0 unspecified atom stereocenters. The Morgan fingerprint density at radius 2 is 1.93 bits per heavy atom. The summed E-state index contributed by atoms with van der Waals surface area (Å²) in [6, 6.07) is 15.2. The Hall–Kier alpha value is -2.86. The maximum atomic E-state index is 12.3. The number of nitrogens with one attached hydrogen (secondary N) is 1. The van der Waals surface area contributed by atoms with Gasteiger partial charge in [-0.1, -0.05) is 12.1 Å². The third kappa shape index (κ3) is 4.11. The number of methoxy groups -OCH3 is 1. The van der Waals surface area contributed by atoms with Crippen LogP contribution in [0.4, 0.5) is 5.69 Å². The van der Waals surface area contributed by atoms with Gasteiger partial charge in [-0.05, 0) is 62.3 Å². The van der Waals surface area contributed by atoms with Gasteiger partial charge in [0.2, 0.25) is 5.91 Å². The van der Waals surface area contributed by atoms with Gasteiger partial charge < -0.3 is 14.5 Å². The summed E-state index contributed by atoms with van der Waals surface area (Å²) in [5.74, 6) is 1.91. The predicted octanol–water partition coefficient (Wildman–Crippen LogP) is 3.65. The van der Waals surface area contributed by atoms with Gasteiger partial charge in [0, 0.05) is 11.6 Å². The number of aromatic nitrogens is 1. The molecular weight excluding hydrogens is 342 g/mol. The maximum Gasteiger partial charge on any atom is 0.238 e. The number of rotatable bonds is 5. The van der Waals surface area contributed by atoms with E-state index in [9.17, 15) is 4.79 Å². The number of anilines is 1. The molecule has 1 N–H and O–H groups in total. The van der Waals surface area contributed by atoms with Crippen molar-refractivity contribution in [3.05, 3.63) is 54.4 Å². The van der Waals surface area contributed by atoms with E-state index in [-0.39, 0.29) is 5.91 Å². The Bertz CT molecular complexity index is 879. The molecular formula is C21H23N3O3. The van der Waals surface area contributed by atoms with Crippen LogP contribution >= 0.6 is 0 Å².